The topological polar surface area (TPSA) is 12.0 Å². The molecule has 15 heavy (non-hydrogen) atoms. The maximum absolute atomic E-state index is 3.56. The fraction of sp³-hybridized carbons (Fsp3) is 0.692. The van der Waals surface area contributed by atoms with Crippen molar-refractivity contribution in [3.8, 4) is 0 Å². The molecular weight excluding hydrogens is 202 g/mol. The van der Waals surface area contributed by atoms with Gasteiger partial charge in [0.15, 0.2) is 0 Å². The monoisotopic (exact) mass is 225 g/mol. The van der Waals surface area contributed by atoms with E-state index in [2.05, 4.69) is 49.8 Å². The first kappa shape index (κ1) is 12.7. The smallest absolute Gasteiger partial charge is 0.0328 e. The standard InChI is InChI=1S/C13H23NS/c1-5-14-12(6-8-13(2,3)4)11-7-9-15-10-11/h7,9-10,12,14H,5-6,8H2,1-4H3. The molecule has 0 aliphatic carbocycles. The molecule has 1 heterocycles. The minimum atomic E-state index is 0.434. The summed E-state index contributed by atoms with van der Waals surface area (Å²) >= 11 is 1.79. The average Bonchev–Trinajstić information content (AvgIpc) is 2.63. The SMILES string of the molecule is CCNC(CCC(C)(C)C)c1ccsc1. The van der Waals surface area contributed by atoms with E-state index in [1.807, 2.05) is 0 Å². The van der Waals surface area contributed by atoms with Gasteiger partial charge in [0, 0.05) is 6.04 Å². The highest BCUT2D eigenvalue weighted by Gasteiger charge is 2.16. The van der Waals surface area contributed by atoms with E-state index in [1.54, 1.807) is 11.3 Å². The van der Waals surface area contributed by atoms with E-state index in [0.29, 0.717) is 11.5 Å². The minimum absolute atomic E-state index is 0.434. The lowest BCUT2D eigenvalue weighted by atomic mass is 9.87. The number of nitrogens with one attached hydrogen (secondary N) is 1. The van der Waals surface area contributed by atoms with Gasteiger partial charge in [0.1, 0.15) is 0 Å². The largest absolute Gasteiger partial charge is 0.310 e. The summed E-state index contributed by atoms with van der Waals surface area (Å²) in [5.74, 6) is 0. The Morgan fingerprint density at radius 3 is 2.60 bits per heavy atom. The van der Waals surface area contributed by atoms with Crippen molar-refractivity contribution in [1.82, 2.24) is 5.32 Å². The molecular formula is C13H23NS. The molecule has 0 fully saturated rings. The van der Waals surface area contributed by atoms with Crippen LogP contribution in [0.15, 0.2) is 16.8 Å². The molecule has 0 radical (unpaired) electrons. The van der Waals surface area contributed by atoms with Gasteiger partial charge in [-0.2, -0.15) is 11.3 Å². The van der Waals surface area contributed by atoms with E-state index in [1.165, 1.54) is 18.4 Å². The Morgan fingerprint density at radius 1 is 1.40 bits per heavy atom. The summed E-state index contributed by atoms with van der Waals surface area (Å²) in [6.07, 6.45) is 2.49. The van der Waals surface area contributed by atoms with Crippen LogP contribution in [0.4, 0.5) is 0 Å². The van der Waals surface area contributed by atoms with Crippen LogP contribution < -0.4 is 5.32 Å². The van der Waals surface area contributed by atoms with Gasteiger partial charge in [-0.1, -0.05) is 27.7 Å². The third-order valence-electron chi connectivity index (χ3n) is 2.58. The van der Waals surface area contributed by atoms with Gasteiger partial charge in [-0.25, -0.2) is 0 Å². The van der Waals surface area contributed by atoms with Crippen molar-refractivity contribution < 1.29 is 0 Å². The van der Waals surface area contributed by atoms with E-state index in [-0.39, 0.29) is 0 Å². The van der Waals surface area contributed by atoms with Crippen LogP contribution in [-0.2, 0) is 0 Å². The van der Waals surface area contributed by atoms with Gasteiger partial charge in [-0.3, -0.25) is 0 Å². The Morgan fingerprint density at radius 2 is 2.13 bits per heavy atom. The highest BCUT2D eigenvalue weighted by atomic mass is 32.1. The van der Waals surface area contributed by atoms with Gasteiger partial charge in [-0.05, 0) is 47.2 Å². The maximum Gasteiger partial charge on any atom is 0.0328 e. The molecule has 1 rings (SSSR count). The predicted octanol–water partition coefficient (Wildman–Crippen LogP) is 4.23. The molecule has 0 amide bonds. The van der Waals surface area contributed by atoms with Gasteiger partial charge >= 0.3 is 0 Å². The number of hydrogen-bond donors (Lipinski definition) is 1. The van der Waals surface area contributed by atoms with Crippen LogP contribution >= 0.6 is 11.3 Å². The molecule has 0 bridgehead atoms. The van der Waals surface area contributed by atoms with Crippen LogP contribution in [0, 0.1) is 5.41 Å². The summed E-state index contributed by atoms with van der Waals surface area (Å²) in [5, 5.41) is 7.99. The number of thiophene rings is 1. The van der Waals surface area contributed by atoms with E-state index in [9.17, 15) is 0 Å². The van der Waals surface area contributed by atoms with Gasteiger partial charge in [0.05, 0.1) is 0 Å². The minimum Gasteiger partial charge on any atom is -0.310 e. The van der Waals surface area contributed by atoms with Crippen LogP contribution in [0.3, 0.4) is 0 Å². The molecule has 1 atom stereocenters. The molecule has 0 saturated carbocycles. The second-order valence-corrected chi connectivity index (χ2v) is 6.05. The maximum atomic E-state index is 3.56. The van der Waals surface area contributed by atoms with Crippen molar-refractivity contribution in [2.24, 2.45) is 5.41 Å². The first-order chi connectivity index (χ1) is 7.03. The Bertz CT molecular complexity index is 259. The quantitative estimate of drug-likeness (QED) is 0.791. The summed E-state index contributed by atoms with van der Waals surface area (Å²) < 4.78 is 0. The number of rotatable bonds is 5. The van der Waals surface area contributed by atoms with Gasteiger partial charge in [0.25, 0.3) is 0 Å². The fourth-order valence-corrected chi connectivity index (χ4v) is 2.40. The van der Waals surface area contributed by atoms with Crippen molar-refractivity contribution in [2.75, 3.05) is 6.54 Å². The molecule has 1 N–H and O–H groups in total. The van der Waals surface area contributed by atoms with Crippen molar-refractivity contribution >= 4 is 11.3 Å². The van der Waals surface area contributed by atoms with E-state index in [0.717, 1.165) is 6.54 Å². The zero-order chi connectivity index (χ0) is 11.3. The molecule has 1 aromatic heterocycles. The summed E-state index contributed by atoms with van der Waals surface area (Å²) in [6, 6.07) is 2.78. The number of hydrogen-bond acceptors (Lipinski definition) is 2. The molecule has 86 valence electrons. The second-order valence-electron chi connectivity index (χ2n) is 5.27. The lowest BCUT2D eigenvalue weighted by Gasteiger charge is -2.23. The normalized spacial score (nSPS) is 14.1. The molecule has 0 aliphatic heterocycles. The van der Waals surface area contributed by atoms with Crippen molar-refractivity contribution in [2.45, 2.75) is 46.6 Å². The fourth-order valence-electron chi connectivity index (χ4n) is 1.68. The van der Waals surface area contributed by atoms with E-state index >= 15 is 0 Å². The Hall–Kier alpha value is -0.340. The van der Waals surface area contributed by atoms with Crippen molar-refractivity contribution in [3.63, 3.8) is 0 Å². The Kier molecular flexibility index (Phi) is 4.81. The van der Waals surface area contributed by atoms with Crippen LogP contribution in [0.2, 0.25) is 0 Å². The highest BCUT2D eigenvalue weighted by Crippen LogP contribution is 2.28. The molecule has 0 aromatic carbocycles. The zero-order valence-electron chi connectivity index (χ0n) is 10.3. The third-order valence-corrected chi connectivity index (χ3v) is 3.28. The molecule has 0 saturated heterocycles. The first-order valence-corrected chi connectivity index (χ1v) is 6.72. The second kappa shape index (κ2) is 5.66. The van der Waals surface area contributed by atoms with Crippen molar-refractivity contribution in [3.05, 3.63) is 22.4 Å². The van der Waals surface area contributed by atoms with Crippen LogP contribution in [-0.4, -0.2) is 6.54 Å². The predicted molar refractivity (Wildman–Crippen MR) is 69.4 cm³/mol. The molecule has 0 spiro atoms. The summed E-state index contributed by atoms with van der Waals surface area (Å²) in [4.78, 5) is 0. The average molecular weight is 225 g/mol. The first-order valence-electron chi connectivity index (χ1n) is 5.78. The van der Waals surface area contributed by atoms with Gasteiger partial charge in [0.2, 0.25) is 0 Å². The summed E-state index contributed by atoms with van der Waals surface area (Å²) in [7, 11) is 0. The third kappa shape index (κ3) is 4.80. The van der Waals surface area contributed by atoms with Gasteiger partial charge in [-0.15, -0.1) is 0 Å². The lowest BCUT2D eigenvalue weighted by molar-refractivity contribution is 0.334. The Balaban J connectivity index is 2.52. The van der Waals surface area contributed by atoms with Crippen LogP contribution in [0.5, 0.6) is 0 Å². The zero-order valence-corrected chi connectivity index (χ0v) is 11.2. The van der Waals surface area contributed by atoms with E-state index in [4.69, 9.17) is 0 Å². The van der Waals surface area contributed by atoms with Crippen LogP contribution in [0.1, 0.15) is 52.1 Å². The Labute approximate surface area is 97.9 Å². The highest BCUT2D eigenvalue weighted by molar-refractivity contribution is 7.07. The van der Waals surface area contributed by atoms with Crippen LogP contribution in [0.25, 0.3) is 0 Å². The lowest BCUT2D eigenvalue weighted by Crippen LogP contribution is -2.22. The molecule has 2 heteroatoms. The molecule has 1 aromatic rings. The van der Waals surface area contributed by atoms with Gasteiger partial charge < -0.3 is 5.32 Å². The summed E-state index contributed by atoms with van der Waals surface area (Å²) in [6.45, 7) is 10.2. The molecule has 1 nitrogen and oxygen atoms in total. The molecule has 1 unspecified atom stereocenters. The van der Waals surface area contributed by atoms with E-state index < -0.39 is 0 Å². The molecule has 0 aliphatic rings. The van der Waals surface area contributed by atoms with Crippen molar-refractivity contribution in [1.29, 1.82) is 0 Å². The summed E-state index contributed by atoms with van der Waals surface area (Å²) in [5.41, 5.74) is 1.88.